The largest absolute Gasteiger partial charge is 0.432 e. The van der Waals surface area contributed by atoms with E-state index in [0.717, 1.165) is 31.1 Å². The van der Waals surface area contributed by atoms with E-state index < -0.39 is 43.3 Å². The van der Waals surface area contributed by atoms with E-state index in [4.69, 9.17) is 9.47 Å². The van der Waals surface area contributed by atoms with Crippen molar-refractivity contribution in [2.45, 2.75) is 157 Å². The lowest BCUT2D eigenvalue weighted by atomic mass is 9.31. The summed E-state index contributed by atoms with van der Waals surface area (Å²) in [6, 6.07) is 0. The van der Waals surface area contributed by atoms with Gasteiger partial charge in [-0.05, 0) is 127 Å². The van der Waals surface area contributed by atoms with Crippen molar-refractivity contribution in [2.75, 3.05) is 6.61 Å². The van der Waals surface area contributed by atoms with E-state index >= 15 is 0 Å². The molecule has 4 N–H and O–H groups in total. The normalized spacial score (nSPS) is 54.6. The molecule has 0 unspecified atom stereocenters. The predicted octanol–water partition coefficient (Wildman–Crippen LogP) is 5.85. The van der Waals surface area contributed by atoms with E-state index in [9.17, 15) is 25.2 Å². The fraction of sp³-hybridized carbons (Fsp3) is 0.973. The molecule has 0 radical (unpaired) electrons. The Morgan fingerprint density at radius 3 is 2.09 bits per heavy atom. The fourth-order valence-electron chi connectivity index (χ4n) is 13.1. The molecule has 5 aliphatic carbocycles. The van der Waals surface area contributed by atoms with Crippen LogP contribution in [-0.4, -0.2) is 63.7 Å². The van der Waals surface area contributed by atoms with Gasteiger partial charge in [-0.25, -0.2) is 0 Å². The summed E-state index contributed by atoms with van der Waals surface area (Å²) in [5.41, 5.74) is 1.38. The molecule has 0 aromatic carbocycles. The molecule has 7 heteroatoms. The van der Waals surface area contributed by atoms with E-state index in [1.807, 2.05) is 0 Å². The Morgan fingerprint density at radius 2 is 1.41 bits per heavy atom. The maximum absolute atomic E-state index is 13.8. The molecule has 252 valence electrons. The number of esters is 1. The number of fused-ring (bicyclic) bond motifs is 7. The smallest absolute Gasteiger partial charge is 0.311 e. The first-order valence-corrected chi connectivity index (χ1v) is 17.9. The average Bonchev–Trinajstić information content (AvgIpc) is 2.94. The van der Waals surface area contributed by atoms with Crippen molar-refractivity contribution in [3.05, 3.63) is 0 Å². The van der Waals surface area contributed by atoms with Gasteiger partial charge in [-0.2, -0.15) is 0 Å². The topological polar surface area (TPSA) is 116 Å². The third-order valence-electron chi connectivity index (χ3n) is 16.1. The summed E-state index contributed by atoms with van der Waals surface area (Å²) < 4.78 is 11.3. The number of carbonyl (C=O) groups excluding carboxylic acids is 1. The zero-order chi connectivity index (χ0) is 32.3. The van der Waals surface area contributed by atoms with E-state index in [0.29, 0.717) is 28.1 Å². The van der Waals surface area contributed by atoms with Crippen LogP contribution in [0, 0.1) is 62.1 Å². The van der Waals surface area contributed by atoms with Crippen LogP contribution in [0.15, 0.2) is 0 Å². The molecule has 0 spiro atoms. The van der Waals surface area contributed by atoms with Gasteiger partial charge in [0.25, 0.3) is 0 Å². The highest BCUT2D eigenvalue weighted by molar-refractivity contribution is 5.74. The lowest BCUT2D eigenvalue weighted by Crippen LogP contribution is -2.67. The number of carbonyl (C=O) groups is 1. The number of rotatable bonds is 3. The lowest BCUT2D eigenvalue weighted by Gasteiger charge is -2.73. The molecule has 6 rings (SSSR count). The number of hydrogen-bond acceptors (Lipinski definition) is 7. The van der Waals surface area contributed by atoms with Crippen molar-refractivity contribution in [2.24, 2.45) is 62.1 Å². The van der Waals surface area contributed by atoms with Crippen LogP contribution in [0.1, 0.15) is 126 Å². The molecule has 6 aliphatic rings. The molecular weight excluding hydrogens is 556 g/mol. The summed E-state index contributed by atoms with van der Waals surface area (Å²) >= 11 is 0. The van der Waals surface area contributed by atoms with Gasteiger partial charge in [0.1, 0.15) is 24.4 Å². The van der Waals surface area contributed by atoms with Gasteiger partial charge in [-0.1, -0.05) is 55.4 Å². The summed E-state index contributed by atoms with van der Waals surface area (Å²) in [6.07, 6.45) is 6.30. The summed E-state index contributed by atoms with van der Waals surface area (Å²) in [6.45, 7) is 19.4. The third-order valence-corrected chi connectivity index (χ3v) is 16.1. The van der Waals surface area contributed by atoms with Gasteiger partial charge in [0.2, 0.25) is 6.29 Å². The highest BCUT2D eigenvalue weighted by Crippen LogP contribution is 2.77. The lowest BCUT2D eigenvalue weighted by molar-refractivity contribution is -0.296. The van der Waals surface area contributed by atoms with Crippen LogP contribution in [0.3, 0.4) is 0 Å². The van der Waals surface area contributed by atoms with Crippen LogP contribution < -0.4 is 0 Å². The number of aliphatic hydroxyl groups is 4. The van der Waals surface area contributed by atoms with Crippen molar-refractivity contribution >= 4 is 5.97 Å². The molecule has 0 aromatic heterocycles. The van der Waals surface area contributed by atoms with Gasteiger partial charge < -0.3 is 29.9 Å². The Morgan fingerprint density at radius 1 is 0.727 bits per heavy atom. The second-order valence-corrected chi connectivity index (χ2v) is 18.8. The van der Waals surface area contributed by atoms with Crippen molar-refractivity contribution in [1.82, 2.24) is 0 Å². The van der Waals surface area contributed by atoms with Crippen molar-refractivity contribution in [3.8, 4) is 0 Å². The second-order valence-electron chi connectivity index (χ2n) is 18.8. The standard InChI is InChI=1S/C37H62O7/c1-32(2)15-16-34(5)17-18-36(7)21(23(34)19-32)9-10-26-35(6)13-11-22(33(3,4)25(35)12-14-37(26,36)8)30(42)44-31-29(41)28(40)27(39)24(20-38)43-31/h21-29,31,38-41H,9-20H2,1-8H3/t21-,22-,23+,24-,25+,26-,27-,28+,29-,31+,34-,35+,36-,37-/m1/s1. The predicted molar refractivity (Wildman–Crippen MR) is 168 cm³/mol. The maximum atomic E-state index is 13.8. The van der Waals surface area contributed by atoms with E-state index in [-0.39, 0.29) is 22.2 Å². The molecule has 44 heavy (non-hydrogen) atoms. The average molecular weight is 619 g/mol. The van der Waals surface area contributed by atoms with Crippen LogP contribution in [0.2, 0.25) is 0 Å². The van der Waals surface area contributed by atoms with Crippen molar-refractivity contribution in [3.63, 3.8) is 0 Å². The van der Waals surface area contributed by atoms with Crippen molar-refractivity contribution < 1.29 is 34.7 Å². The van der Waals surface area contributed by atoms with Crippen LogP contribution in [-0.2, 0) is 14.3 Å². The molecule has 1 saturated heterocycles. The Hall–Kier alpha value is -0.730. The van der Waals surface area contributed by atoms with E-state index in [1.54, 1.807) is 0 Å². The number of aliphatic hydroxyl groups excluding tert-OH is 4. The monoisotopic (exact) mass is 618 g/mol. The summed E-state index contributed by atoms with van der Waals surface area (Å²) in [7, 11) is 0. The summed E-state index contributed by atoms with van der Waals surface area (Å²) in [5.74, 6) is 1.83. The molecule has 1 aliphatic heterocycles. The molecule has 0 aromatic rings. The molecule has 1 heterocycles. The van der Waals surface area contributed by atoms with Gasteiger partial charge in [-0.3, -0.25) is 4.79 Å². The molecule has 6 fully saturated rings. The molecule has 14 atom stereocenters. The summed E-state index contributed by atoms with van der Waals surface area (Å²) in [5, 5.41) is 40.5. The Kier molecular flexibility index (Phi) is 8.02. The Bertz CT molecular complexity index is 1120. The first kappa shape index (κ1) is 33.2. The van der Waals surface area contributed by atoms with Crippen LogP contribution in [0.5, 0.6) is 0 Å². The molecule has 5 saturated carbocycles. The van der Waals surface area contributed by atoms with Gasteiger partial charge in [-0.15, -0.1) is 0 Å². The fourth-order valence-corrected chi connectivity index (χ4v) is 13.1. The first-order valence-electron chi connectivity index (χ1n) is 17.9. The highest BCUT2D eigenvalue weighted by Gasteiger charge is 2.70. The third kappa shape index (κ3) is 4.63. The Labute approximate surface area is 265 Å². The van der Waals surface area contributed by atoms with E-state index in [2.05, 4.69) is 55.4 Å². The molecule has 7 nitrogen and oxygen atoms in total. The maximum Gasteiger partial charge on any atom is 0.311 e. The van der Waals surface area contributed by atoms with E-state index in [1.165, 1.54) is 51.4 Å². The minimum Gasteiger partial charge on any atom is -0.432 e. The number of ether oxygens (including phenoxy) is 2. The second kappa shape index (κ2) is 10.6. The minimum atomic E-state index is -1.58. The van der Waals surface area contributed by atoms with Gasteiger partial charge in [0, 0.05) is 0 Å². The van der Waals surface area contributed by atoms with Crippen LogP contribution >= 0.6 is 0 Å². The zero-order valence-electron chi connectivity index (χ0n) is 28.8. The zero-order valence-corrected chi connectivity index (χ0v) is 28.8. The Balaban J connectivity index is 1.23. The quantitative estimate of drug-likeness (QED) is 0.294. The van der Waals surface area contributed by atoms with Crippen LogP contribution in [0.25, 0.3) is 0 Å². The first-order chi connectivity index (χ1) is 20.3. The molecular formula is C37H62O7. The SMILES string of the molecule is CC1(C)CC[C@]2(C)CC[C@]3(C)[C@H](CC[C@@H]4[C@@]5(C)CC[C@H](C(=O)O[C@@H]6O[C@H](CO)[C@@H](O)[C@H](O)[C@H]6O)C(C)(C)[C@@H]5CC[C@]43C)[C@@H]2C1. The number of hydrogen-bond donors (Lipinski definition) is 4. The van der Waals surface area contributed by atoms with Gasteiger partial charge in [0.15, 0.2) is 0 Å². The van der Waals surface area contributed by atoms with Crippen molar-refractivity contribution in [1.29, 1.82) is 0 Å². The van der Waals surface area contributed by atoms with Gasteiger partial charge >= 0.3 is 5.97 Å². The van der Waals surface area contributed by atoms with Gasteiger partial charge in [0.05, 0.1) is 12.5 Å². The molecule has 0 amide bonds. The van der Waals surface area contributed by atoms with Crippen LogP contribution in [0.4, 0.5) is 0 Å². The highest BCUT2D eigenvalue weighted by atomic mass is 16.7. The molecule has 0 bridgehead atoms. The minimum absolute atomic E-state index is 0.136. The summed E-state index contributed by atoms with van der Waals surface area (Å²) in [4.78, 5) is 13.8.